The molecule has 22 heavy (non-hydrogen) atoms. The summed E-state index contributed by atoms with van der Waals surface area (Å²) in [6.07, 6.45) is 3.00. The van der Waals surface area contributed by atoms with Crippen molar-refractivity contribution in [2.24, 2.45) is 0 Å². The predicted octanol–water partition coefficient (Wildman–Crippen LogP) is 3.62. The van der Waals surface area contributed by atoms with Crippen molar-refractivity contribution in [3.05, 3.63) is 47.1 Å². The monoisotopic (exact) mass is 317 g/mol. The molecule has 0 spiro atoms. The lowest BCUT2D eigenvalue weighted by molar-refractivity contribution is 0.284. The zero-order valence-electron chi connectivity index (χ0n) is 12.1. The number of oxazole rings is 1. The third-order valence-electron chi connectivity index (χ3n) is 3.30. The van der Waals surface area contributed by atoms with E-state index in [0.29, 0.717) is 29.4 Å². The van der Waals surface area contributed by atoms with Crippen LogP contribution in [0.3, 0.4) is 0 Å². The number of aliphatic hydroxyl groups excluding tert-OH is 1. The zero-order chi connectivity index (χ0) is 15.5. The fourth-order valence-electron chi connectivity index (χ4n) is 2.23. The lowest BCUT2D eigenvalue weighted by Crippen LogP contribution is -1.90. The maximum atomic E-state index is 9.06. The van der Waals surface area contributed by atoms with E-state index in [9.17, 15) is 0 Å². The van der Waals surface area contributed by atoms with E-state index in [1.165, 1.54) is 0 Å². The smallest absolute Gasteiger partial charge is 0.247 e. The number of aliphatic hydroxyl groups is 1. The average Bonchev–Trinajstić information content (AvgIpc) is 3.12. The van der Waals surface area contributed by atoms with Gasteiger partial charge in [-0.1, -0.05) is 23.7 Å². The molecule has 3 aromatic rings. The molecule has 0 aliphatic heterocycles. The number of aryl methyl sites for hydroxylation is 2. The Bertz CT molecular complexity index is 762. The Morgan fingerprint density at radius 2 is 2.00 bits per heavy atom. The van der Waals surface area contributed by atoms with E-state index in [0.717, 1.165) is 22.8 Å². The van der Waals surface area contributed by atoms with Crippen molar-refractivity contribution in [1.29, 1.82) is 0 Å². The summed E-state index contributed by atoms with van der Waals surface area (Å²) in [5.41, 5.74) is 2.36. The summed E-state index contributed by atoms with van der Waals surface area (Å²) in [4.78, 5) is 11.9. The first kappa shape index (κ1) is 14.8. The number of hydrogen-bond donors (Lipinski definition) is 2. The molecule has 0 radical (unpaired) electrons. The molecule has 1 aromatic carbocycles. The van der Waals surface area contributed by atoms with Crippen LogP contribution in [0.25, 0.3) is 22.8 Å². The summed E-state index contributed by atoms with van der Waals surface area (Å²) in [6, 6.07) is 7.45. The third-order valence-corrected chi connectivity index (χ3v) is 3.55. The molecule has 0 atom stereocenters. The Morgan fingerprint density at radius 1 is 1.23 bits per heavy atom. The van der Waals surface area contributed by atoms with Crippen molar-refractivity contribution in [2.75, 3.05) is 6.61 Å². The number of aromatic amines is 1. The summed E-state index contributed by atoms with van der Waals surface area (Å²) >= 11 is 5.94. The molecule has 0 fully saturated rings. The van der Waals surface area contributed by atoms with Crippen LogP contribution in [-0.2, 0) is 6.42 Å². The topological polar surface area (TPSA) is 74.9 Å². The van der Waals surface area contributed by atoms with Crippen LogP contribution in [0.15, 0.2) is 34.9 Å². The molecular weight excluding hydrogens is 302 g/mol. The SMILES string of the molecule is Cc1nc(-c2nc(-c3ccc(Cl)cc3)c(CCCO)o2)c[nH]1. The van der Waals surface area contributed by atoms with E-state index < -0.39 is 0 Å². The van der Waals surface area contributed by atoms with Gasteiger partial charge in [0.25, 0.3) is 0 Å². The quantitative estimate of drug-likeness (QED) is 0.753. The van der Waals surface area contributed by atoms with Gasteiger partial charge in [0.15, 0.2) is 0 Å². The highest BCUT2D eigenvalue weighted by molar-refractivity contribution is 6.30. The lowest BCUT2D eigenvalue weighted by atomic mass is 10.1. The van der Waals surface area contributed by atoms with E-state index in [4.69, 9.17) is 21.1 Å². The molecule has 3 rings (SSSR count). The molecule has 0 amide bonds. The van der Waals surface area contributed by atoms with Gasteiger partial charge >= 0.3 is 0 Å². The maximum Gasteiger partial charge on any atom is 0.247 e. The zero-order valence-corrected chi connectivity index (χ0v) is 12.9. The number of H-pyrrole nitrogens is 1. The fourth-order valence-corrected chi connectivity index (χ4v) is 2.36. The number of aromatic nitrogens is 3. The van der Waals surface area contributed by atoms with Crippen LogP contribution >= 0.6 is 11.6 Å². The number of nitrogens with zero attached hydrogens (tertiary/aromatic N) is 2. The highest BCUT2D eigenvalue weighted by Gasteiger charge is 2.17. The molecule has 2 heterocycles. The van der Waals surface area contributed by atoms with E-state index >= 15 is 0 Å². The highest BCUT2D eigenvalue weighted by Crippen LogP contribution is 2.30. The molecular formula is C16H16ClN3O2. The van der Waals surface area contributed by atoms with Crippen molar-refractivity contribution >= 4 is 11.6 Å². The highest BCUT2D eigenvalue weighted by atomic mass is 35.5. The van der Waals surface area contributed by atoms with Gasteiger partial charge in [-0.2, -0.15) is 0 Å². The van der Waals surface area contributed by atoms with E-state index in [-0.39, 0.29) is 6.61 Å². The molecule has 0 aliphatic carbocycles. The largest absolute Gasteiger partial charge is 0.439 e. The van der Waals surface area contributed by atoms with Gasteiger partial charge in [0.2, 0.25) is 5.89 Å². The molecule has 0 saturated heterocycles. The van der Waals surface area contributed by atoms with Crippen LogP contribution in [0.4, 0.5) is 0 Å². The van der Waals surface area contributed by atoms with E-state index in [1.807, 2.05) is 31.2 Å². The molecule has 6 heteroatoms. The summed E-state index contributed by atoms with van der Waals surface area (Å²) in [5.74, 6) is 2.02. The average molecular weight is 318 g/mol. The lowest BCUT2D eigenvalue weighted by Gasteiger charge is -2.00. The molecule has 2 N–H and O–H groups in total. The Kier molecular flexibility index (Phi) is 4.27. The van der Waals surface area contributed by atoms with Crippen LogP contribution < -0.4 is 0 Å². The van der Waals surface area contributed by atoms with Gasteiger partial charge in [0.05, 0.1) is 0 Å². The predicted molar refractivity (Wildman–Crippen MR) is 84.7 cm³/mol. The minimum absolute atomic E-state index is 0.109. The second kappa shape index (κ2) is 6.34. The first-order valence-electron chi connectivity index (χ1n) is 7.06. The summed E-state index contributed by atoms with van der Waals surface area (Å²) in [6.45, 7) is 1.98. The minimum atomic E-state index is 0.109. The van der Waals surface area contributed by atoms with E-state index in [2.05, 4.69) is 15.0 Å². The van der Waals surface area contributed by atoms with Gasteiger partial charge in [-0.3, -0.25) is 0 Å². The number of rotatable bonds is 5. The number of nitrogens with one attached hydrogen (secondary N) is 1. The summed E-state index contributed by atoms with van der Waals surface area (Å²) in [7, 11) is 0. The van der Waals surface area contributed by atoms with Crippen LogP contribution in [0.5, 0.6) is 0 Å². The number of imidazole rings is 1. The van der Waals surface area contributed by atoms with Gasteiger partial charge in [-0.15, -0.1) is 0 Å². The molecule has 2 aromatic heterocycles. The molecule has 0 aliphatic rings. The number of hydrogen-bond acceptors (Lipinski definition) is 4. The first-order chi connectivity index (χ1) is 10.7. The van der Waals surface area contributed by atoms with Crippen molar-refractivity contribution in [3.8, 4) is 22.8 Å². The van der Waals surface area contributed by atoms with Crippen LogP contribution in [-0.4, -0.2) is 26.7 Å². The molecule has 0 bridgehead atoms. The molecule has 114 valence electrons. The van der Waals surface area contributed by atoms with Crippen molar-refractivity contribution in [2.45, 2.75) is 19.8 Å². The van der Waals surface area contributed by atoms with Crippen molar-refractivity contribution in [1.82, 2.24) is 15.0 Å². The first-order valence-corrected chi connectivity index (χ1v) is 7.44. The van der Waals surface area contributed by atoms with Gasteiger partial charge in [0, 0.05) is 29.8 Å². The van der Waals surface area contributed by atoms with Gasteiger partial charge in [-0.25, -0.2) is 9.97 Å². The van der Waals surface area contributed by atoms with Crippen LogP contribution in [0.2, 0.25) is 5.02 Å². The van der Waals surface area contributed by atoms with E-state index in [1.54, 1.807) is 6.20 Å². The maximum absolute atomic E-state index is 9.06. The van der Waals surface area contributed by atoms with Crippen LogP contribution in [0.1, 0.15) is 18.0 Å². The Labute approximate surface area is 133 Å². The number of halogens is 1. The molecule has 5 nitrogen and oxygen atoms in total. The van der Waals surface area contributed by atoms with Gasteiger partial charge in [0.1, 0.15) is 23.0 Å². The van der Waals surface area contributed by atoms with Crippen molar-refractivity contribution in [3.63, 3.8) is 0 Å². The standard InChI is InChI=1S/C16H16ClN3O2/c1-10-18-9-13(19-10)16-20-15(14(22-16)3-2-8-21)11-4-6-12(17)7-5-11/h4-7,9,21H,2-3,8H2,1H3,(H,18,19). The number of benzene rings is 1. The van der Waals surface area contributed by atoms with Gasteiger partial charge in [-0.05, 0) is 25.5 Å². The van der Waals surface area contributed by atoms with Crippen LogP contribution in [0, 0.1) is 6.92 Å². The third kappa shape index (κ3) is 3.05. The second-order valence-corrected chi connectivity index (χ2v) is 5.43. The summed E-state index contributed by atoms with van der Waals surface area (Å²) in [5, 5.41) is 9.73. The van der Waals surface area contributed by atoms with Gasteiger partial charge < -0.3 is 14.5 Å². The molecule has 0 saturated carbocycles. The molecule has 0 unspecified atom stereocenters. The second-order valence-electron chi connectivity index (χ2n) is 5.00. The van der Waals surface area contributed by atoms with Crippen molar-refractivity contribution < 1.29 is 9.52 Å². The minimum Gasteiger partial charge on any atom is -0.439 e. The normalized spacial score (nSPS) is 11.0. The Hall–Kier alpha value is -2.11. The summed E-state index contributed by atoms with van der Waals surface area (Å²) < 4.78 is 5.86. The fraction of sp³-hybridized carbons (Fsp3) is 0.250. The Morgan fingerprint density at radius 3 is 2.64 bits per heavy atom. The Balaban J connectivity index is 2.02.